The molecule has 0 aliphatic carbocycles. The van der Waals surface area contributed by atoms with Crippen LogP contribution in [0.1, 0.15) is 18.2 Å². The Labute approximate surface area is 111 Å². The fourth-order valence-corrected chi connectivity index (χ4v) is 1.91. The molecule has 0 radical (unpaired) electrons. The van der Waals surface area contributed by atoms with Gasteiger partial charge in [0.05, 0.1) is 5.56 Å². The Balaban J connectivity index is 2.53. The summed E-state index contributed by atoms with van der Waals surface area (Å²) in [6.45, 7) is 4.53. The van der Waals surface area contributed by atoms with E-state index in [1.165, 1.54) is 12.1 Å². The number of anilines is 1. The normalized spacial score (nSPS) is 10.0. The summed E-state index contributed by atoms with van der Waals surface area (Å²) in [4.78, 5) is 4.41. The molecule has 2 aromatic rings. The minimum Gasteiger partial charge on any atom is -0.369 e. The van der Waals surface area contributed by atoms with Gasteiger partial charge in [0.1, 0.15) is 17.7 Å². The number of nitriles is 1. The number of aryl methyl sites for hydroxylation is 1. The summed E-state index contributed by atoms with van der Waals surface area (Å²) >= 11 is 0. The third-order valence-electron chi connectivity index (χ3n) is 2.83. The average molecular weight is 255 g/mol. The van der Waals surface area contributed by atoms with Crippen LogP contribution in [0.2, 0.25) is 0 Å². The van der Waals surface area contributed by atoms with Crippen molar-refractivity contribution in [3.8, 4) is 17.2 Å². The van der Waals surface area contributed by atoms with E-state index in [2.05, 4.69) is 16.4 Å². The first kappa shape index (κ1) is 13.0. The van der Waals surface area contributed by atoms with Crippen LogP contribution in [0.15, 0.2) is 30.3 Å². The summed E-state index contributed by atoms with van der Waals surface area (Å²) in [5, 5.41) is 12.2. The molecule has 1 aromatic carbocycles. The number of hydrogen-bond donors (Lipinski definition) is 1. The zero-order chi connectivity index (χ0) is 13.8. The van der Waals surface area contributed by atoms with Crippen LogP contribution in [0, 0.1) is 24.1 Å². The monoisotopic (exact) mass is 255 g/mol. The predicted octanol–water partition coefficient (Wildman–Crippen LogP) is 3.50. The molecule has 0 unspecified atom stereocenters. The number of aromatic nitrogens is 1. The van der Waals surface area contributed by atoms with E-state index >= 15 is 0 Å². The van der Waals surface area contributed by atoms with E-state index in [4.69, 9.17) is 5.26 Å². The molecule has 0 aliphatic rings. The Morgan fingerprint density at radius 3 is 2.58 bits per heavy atom. The highest BCUT2D eigenvalue weighted by molar-refractivity contribution is 5.70. The number of hydrogen-bond acceptors (Lipinski definition) is 3. The van der Waals surface area contributed by atoms with E-state index in [0.717, 1.165) is 16.8 Å². The van der Waals surface area contributed by atoms with Crippen LogP contribution >= 0.6 is 0 Å². The van der Waals surface area contributed by atoms with Crippen LogP contribution in [-0.2, 0) is 0 Å². The van der Waals surface area contributed by atoms with Crippen LogP contribution in [-0.4, -0.2) is 11.5 Å². The summed E-state index contributed by atoms with van der Waals surface area (Å²) in [6.07, 6.45) is 0. The molecule has 0 amide bonds. The lowest BCUT2D eigenvalue weighted by atomic mass is 10.0. The van der Waals surface area contributed by atoms with Crippen molar-refractivity contribution in [2.24, 2.45) is 0 Å². The highest BCUT2D eigenvalue weighted by Crippen LogP contribution is 2.26. The minimum atomic E-state index is -0.279. The lowest BCUT2D eigenvalue weighted by molar-refractivity contribution is 0.628. The van der Waals surface area contributed by atoms with Gasteiger partial charge in [0.15, 0.2) is 0 Å². The van der Waals surface area contributed by atoms with Crippen molar-refractivity contribution in [2.45, 2.75) is 13.8 Å². The van der Waals surface area contributed by atoms with Crippen LogP contribution in [0.3, 0.4) is 0 Å². The molecule has 19 heavy (non-hydrogen) atoms. The standard InChI is InChI=1S/C15H14FN3/c1-3-18-15-12(9-17)8-14(10(2)19-15)11-4-6-13(16)7-5-11/h4-8H,3H2,1-2H3,(H,18,19). The molecule has 0 atom stereocenters. The van der Waals surface area contributed by atoms with E-state index in [1.54, 1.807) is 18.2 Å². The molecule has 4 heteroatoms. The van der Waals surface area contributed by atoms with Crippen molar-refractivity contribution in [3.63, 3.8) is 0 Å². The third kappa shape index (κ3) is 2.71. The van der Waals surface area contributed by atoms with Crippen molar-refractivity contribution in [1.29, 1.82) is 5.26 Å². The molecule has 1 heterocycles. The van der Waals surface area contributed by atoms with Gasteiger partial charge in [-0.1, -0.05) is 12.1 Å². The van der Waals surface area contributed by atoms with Crippen molar-refractivity contribution in [2.75, 3.05) is 11.9 Å². The number of benzene rings is 1. The molecular formula is C15H14FN3. The van der Waals surface area contributed by atoms with E-state index in [0.29, 0.717) is 17.9 Å². The molecule has 0 bridgehead atoms. The van der Waals surface area contributed by atoms with E-state index < -0.39 is 0 Å². The second-order valence-corrected chi connectivity index (χ2v) is 4.17. The fourth-order valence-electron chi connectivity index (χ4n) is 1.91. The number of pyridine rings is 1. The first-order chi connectivity index (χ1) is 9.15. The van der Waals surface area contributed by atoms with Crippen molar-refractivity contribution < 1.29 is 4.39 Å². The summed E-state index contributed by atoms with van der Waals surface area (Å²) in [5.41, 5.74) is 3.00. The van der Waals surface area contributed by atoms with Gasteiger partial charge in [-0.25, -0.2) is 9.37 Å². The van der Waals surface area contributed by atoms with Crippen LogP contribution < -0.4 is 5.32 Å². The van der Waals surface area contributed by atoms with Crippen LogP contribution in [0.5, 0.6) is 0 Å². The van der Waals surface area contributed by atoms with Gasteiger partial charge in [0.25, 0.3) is 0 Å². The zero-order valence-electron chi connectivity index (χ0n) is 10.9. The number of halogens is 1. The molecule has 1 N–H and O–H groups in total. The van der Waals surface area contributed by atoms with Crippen LogP contribution in [0.25, 0.3) is 11.1 Å². The van der Waals surface area contributed by atoms with Crippen LogP contribution in [0.4, 0.5) is 10.2 Å². The third-order valence-corrected chi connectivity index (χ3v) is 2.83. The van der Waals surface area contributed by atoms with Gasteiger partial charge < -0.3 is 5.32 Å². The Kier molecular flexibility index (Phi) is 3.76. The topological polar surface area (TPSA) is 48.7 Å². The first-order valence-corrected chi connectivity index (χ1v) is 6.07. The quantitative estimate of drug-likeness (QED) is 0.913. The zero-order valence-corrected chi connectivity index (χ0v) is 10.9. The predicted molar refractivity (Wildman–Crippen MR) is 73.2 cm³/mol. The van der Waals surface area contributed by atoms with E-state index in [1.807, 2.05) is 13.8 Å². The van der Waals surface area contributed by atoms with E-state index in [-0.39, 0.29) is 5.82 Å². The van der Waals surface area contributed by atoms with Gasteiger partial charge in [0, 0.05) is 17.8 Å². The number of rotatable bonds is 3. The Hall–Kier alpha value is -2.41. The lowest BCUT2D eigenvalue weighted by Crippen LogP contribution is -2.04. The molecule has 1 aromatic heterocycles. The second kappa shape index (κ2) is 5.49. The van der Waals surface area contributed by atoms with Gasteiger partial charge in [-0.15, -0.1) is 0 Å². The highest BCUT2D eigenvalue weighted by atomic mass is 19.1. The second-order valence-electron chi connectivity index (χ2n) is 4.17. The highest BCUT2D eigenvalue weighted by Gasteiger charge is 2.10. The first-order valence-electron chi connectivity index (χ1n) is 6.07. The van der Waals surface area contributed by atoms with Gasteiger partial charge in [-0.05, 0) is 37.6 Å². The maximum atomic E-state index is 12.9. The molecule has 0 saturated carbocycles. The summed E-state index contributed by atoms with van der Waals surface area (Å²) in [5.74, 6) is 0.313. The SMILES string of the molecule is CCNc1nc(C)c(-c2ccc(F)cc2)cc1C#N. The van der Waals surface area contributed by atoms with E-state index in [9.17, 15) is 4.39 Å². The summed E-state index contributed by atoms with van der Waals surface area (Å²) in [7, 11) is 0. The molecule has 96 valence electrons. The van der Waals surface area contributed by atoms with Gasteiger partial charge in [-0.3, -0.25) is 0 Å². The minimum absolute atomic E-state index is 0.279. The van der Waals surface area contributed by atoms with Gasteiger partial charge in [-0.2, -0.15) is 5.26 Å². The number of nitrogens with zero attached hydrogens (tertiary/aromatic N) is 2. The molecule has 0 fully saturated rings. The molecule has 3 nitrogen and oxygen atoms in total. The Morgan fingerprint density at radius 1 is 1.32 bits per heavy atom. The molecule has 0 aliphatic heterocycles. The van der Waals surface area contributed by atoms with Crippen molar-refractivity contribution in [1.82, 2.24) is 4.98 Å². The maximum Gasteiger partial charge on any atom is 0.144 e. The Bertz CT molecular complexity index is 627. The van der Waals surface area contributed by atoms with Crippen molar-refractivity contribution in [3.05, 3.63) is 47.4 Å². The summed E-state index contributed by atoms with van der Waals surface area (Å²) < 4.78 is 12.9. The number of nitrogens with one attached hydrogen (secondary N) is 1. The molecular weight excluding hydrogens is 241 g/mol. The molecule has 2 rings (SSSR count). The van der Waals surface area contributed by atoms with Gasteiger partial charge >= 0.3 is 0 Å². The summed E-state index contributed by atoms with van der Waals surface area (Å²) in [6, 6.07) is 10.1. The fraction of sp³-hybridized carbons (Fsp3) is 0.200. The van der Waals surface area contributed by atoms with Gasteiger partial charge in [0.2, 0.25) is 0 Å². The molecule has 0 spiro atoms. The lowest BCUT2D eigenvalue weighted by Gasteiger charge is -2.10. The largest absolute Gasteiger partial charge is 0.369 e. The Morgan fingerprint density at radius 2 is 2.00 bits per heavy atom. The maximum absolute atomic E-state index is 12.9. The molecule has 0 saturated heterocycles. The smallest absolute Gasteiger partial charge is 0.144 e. The van der Waals surface area contributed by atoms with Crippen molar-refractivity contribution >= 4 is 5.82 Å². The average Bonchev–Trinajstić information content (AvgIpc) is 2.41.